The first-order valence-corrected chi connectivity index (χ1v) is 6.49. The fourth-order valence-electron chi connectivity index (χ4n) is 2.05. The van der Waals surface area contributed by atoms with Crippen LogP contribution in [0.3, 0.4) is 0 Å². The Morgan fingerprint density at radius 3 is 2.90 bits per heavy atom. The summed E-state index contributed by atoms with van der Waals surface area (Å²) in [5.74, 6) is 0. The van der Waals surface area contributed by atoms with Gasteiger partial charge in [0.15, 0.2) is 0 Å². The monoisotopic (exact) mass is 269 g/mol. The van der Waals surface area contributed by atoms with Crippen molar-refractivity contribution in [2.45, 2.75) is 13.2 Å². The number of H-pyrrole nitrogens is 1. The van der Waals surface area contributed by atoms with Crippen molar-refractivity contribution in [3.8, 4) is 0 Å². The molecular formula is C15H15N3O2. The highest BCUT2D eigenvalue weighted by Gasteiger charge is 2.04. The molecule has 0 spiro atoms. The molecule has 0 bridgehead atoms. The third-order valence-electron chi connectivity index (χ3n) is 3.12. The number of nitrogens with one attached hydrogen (secondary N) is 1. The second-order valence-electron chi connectivity index (χ2n) is 4.52. The van der Waals surface area contributed by atoms with Crippen LogP contribution in [0.1, 0.15) is 5.56 Å². The lowest BCUT2D eigenvalue weighted by Gasteiger charge is -2.06. The molecule has 0 aliphatic rings. The summed E-state index contributed by atoms with van der Waals surface area (Å²) in [7, 11) is 0. The zero-order valence-electron chi connectivity index (χ0n) is 11.0. The van der Waals surface area contributed by atoms with E-state index in [1.54, 1.807) is 23.2 Å². The van der Waals surface area contributed by atoms with E-state index >= 15 is 0 Å². The van der Waals surface area contributed by atoms with E-state index in [9.17, 15) is 4.79 Å². The lowest BCUT2D eigenvalue weighted by molar-refractivity contribution is 0.112. The van der Waals surface area contributed by atoms with E-state index in [-0.39, 0.29) is 5.56 Å². The van der Waals surface area contributed by atoms with Crippen LogP contribution >= 0.6 is 0 Å². The molecule has 2 heterocycles. The lowest BCUT2D eigenvalue weighted by atomic mass is 10.2. The van der Waals surface area contributed by atoms with Crippen molar-refractivity contribution in [2.75, 3.05) is 6.61 Å². The summed E-state index contributed by atoms with van der Waals surface area (Å²) >= 11 is 0. The highest BCUT2D eigenvalue weighted by Crippen LogP contribution is 2.03. The summed E-state index contributed by atoms with van der Waals surface area (Å²) in [6, 6.07) is 11.7. The number of nitrogens with zero attached hydrogens (tertiary/aromatic N) is 2. The molecule has 102 valence electrons. The Balaban J connectivity index is 1.60. The molecule has 0 saturated heterocycles. The third-order valence-corrected chi connectivity index (χ3v) is 3.12. The molecule has 3 aromatic rings. The fourth-order valence-corrected chi connectivity index (χ4v) is 2.05. The molecule has 20 heavy (non-hydrogen) atoms. The van der Waals surface area contributed by atoms with Gasteiger partial charge in [-0.3, -0.25) is 9.36 Å². The summed E-state index contributed by atoms with van der Waals surface area (Å²) in [5, 5.41) is 0. The summed E-state index contributed by atoms with van der Waals surface area (Å²) < 4.78 is 7.13. The Hall–Kier alpha value is -2.40. The zero-order chi connectivity index (χ0) is 13.8. The largest absolute Gasteiger partial charge is 0.375 e. The van der Waals surface area contributed by atoms with Gasteiger partial charge in [-0.25, -0.2) is 4.98 Å². The van der Waals surface area contributed by atoms with Crippen LogP contribution in [0.25, 0.3) is 11.0 Å². The first-order chi connectivity index (χ1) is 9.84. The minimum Gasteiger partial charge on any atom is -0.375 e. The topological polar surface area (TPSA) is 59.9 Å². The van der Waals surface area contributed by atoms with Crippen LogP contribution in [0.4, 0.5) is 0 Å². The summed E-state index contributed by atoms with van der Waals surface area (Å²) in [5.41, 5.74) is 2.29. The maximum absolute atomic E-state index is 12.1. The third kappa shape index (κ3) is 2.62. The molecule has 0 aliphatic carbocycles. The quantitative estimate of drug-likeness (QED) is 0.720. The van der Waals surface area contributed by atoms with Crippen molar-refractivity contribution >= 4 is 11.0 Å². The van der Waals surface area contributed by atoms with Gasteiger partial charge in [0.2, 0.25) is 0 Å². The average Bonchev–Trinajstić information content (AvgIpc) is 2.96. The van der Waals surface area contributed by atoms with Gasteiger partial charge in [-0.2, -0.15) is 0 Å². The molecule has 1 aromatic carbocycles. The van der Waals surface area contributed by atoms with Gasteiger partial charge in [0, 0.05) is 6.20 Å². The van der Waals surface area contributed by atoms with Crippen molar-refractivity contribution in [3.63, 3.8) is 0 Å². The second kappa shape index (κ2) is 5.71. The molecule has 0 unspecified atom stereocenters. The lowest BCUT2D eigenvalue weighted by Crippen LogP contribution is -2.22. The number of ether oxygens (including phenoxy) is 1. The predicted octanol–water partition coefficient (Wildman–Crippen LogP) is 1.94. The van der Waals surface area contributed by atoms with E-state index in [0.29, 0.717) is 30.8 Å². The molecule has 0 atom stereocenters. The molecule has 0 aliphatic heterocycles. The van der Waals surface area contributed by atoms with Gasteiger partial charge in [0.25, 0.3) is 5.56 Å². The van der Waals surface area contributed by atoms with Crippen LogP contribution in [0.15, 0.2) is 53.7 Å². The van der Waals surface area contributed by atoms with Gasteiger partial charge in [-0.15, -0.1) is 0 Å². The number of hydrogen-bond acceptors (Lipinski definition) is 3. The van der Waals surface area contributed by atoms with Crippen molar-refractivity contribution in [3.05, 3.63) is 64.8 Å². The Morgan fingerprint density at radius 1 is 1.20 bits per heavy atom. The van der Waals surface area contributed by atoms with Crippen LogP contribution in [-0.2, 0) is 17.9 Å². The summed E-state index contributed by atoms with van der Waals surface area (Å²) in [6.07, 6.45) is 3.28. The van der Waals surface area contributed by atoms with Crippen molar-refractivity contribution < 1.29 is 4.74 Å². The molecule has 0 saturated carbocycles. The van der Waals surface area contributed by atoms with E-state index in [1.807, 2.05) is 30.3 Å². The maximum Gasteiger partial charge on any atom is 0.277 e. The average molecular weight is 269 g/mol. The highest BCUT2D eigenvalue weighted by atomic mass is 16.5. The van der Waals surface area contributed by atoms with E-state index in [1.165, 1.54) is 0 Å². The molecule has 5 heteroatoms. The normalized spacial score (nSPS) is 11.0. The Kier molecular flexibility index (Phi) is 3.60. The van der Waals surface area contributed by atoms with Gasteiger partial charge >= 0.3 is 0 Å². The van der Waals surface area contributed by atoms with Gasteiger partial charge in [-0.05, 0) is 11.6 Å². The summed E-state index contributed by atoms with van der Waals surface area (Å²) in [6.45, 7) is 1.52. The van der Waals surface area contributed by atoms with Gasteiger partial charge in [0.05, 0.1) is 31.6 Å². The van der Waals surface area contributed by atoms with Crippen LogP contribution in [0.5, 0.6) is 0 Å². The molecule has 1 N–H and O–H groups in total. The van der Waals surface area contributed by atoms with Gasteiger partial charge in [0.1, 0.15) is 5.52 Å². The Morgan fingerprint density at radius 2 is 2.05 bits per heavy atom. The standard InChI is InChI=1S/C15H15N3O2/c19-15-14-13(6-7-16-14)17-11-18(15)8-9-20-10-12-4-2-1-3-5-12/h1-7,11,16H,8-10H2. The maximum atomic E-state index is 12.1. The second-order valence-corrected chi connectivity index (χ2v) is 4.52. The van der Waals surface area contributed by atoms with Crippen molar-refractivity contribution in [1.29, 1.82) is 0 Å². The molecule has 0 fully saturated rings. The fraction of sp³-hybridized carbons (Fsp3) is 0.200. The molecule has 0 amide bonds. The summed E-state index contributed by atoms with van der Waals surface area (Å²) in [4.78, 5) is 19.2. The van der Waals surface area contributed by atoms with Crippen molar-refractivity contribution in [1.82, 2.24) is 14.5 Å². The molecule has 3 rings (SSSR count). The number of rotatable bonds is 5. The smallest absolute Gasteiger partial charge is 0.277 e. The molecule has 0 radical (unpaired) electrons. The first kappa shape index (κ1) is 12.6. The van der Waals surface area contributed by atoms with Crippen LogP contribution in [-0.4, -0.2) is 21.1 Å². The van der Waals surface area contributed by atoms with E-state index in [0.717, 1.165) is 5.56 Å². The number of aromatic amines is 1. The SMILES string of the molecule is O=c1c2[nH]ccc2ncn1CCOCc1ccccc1. The molecule has 5 nitrogen and oxygen atoms in total. The number of aromatic nitrogens is 3. The molecule has 2 aromatic heterocycles. The minimum absolute atomic E-state index is 0.0664. The minimum atomic E-state index is -0.0664. The van der Waals surface area contributed by atoms with Gasteiger partial charge in [-0.1, -0.05) is 30.3 Å². The predicted molar refractivity (Wildman–Crippen MR) is 76.5 cm³/mol. The van der Waals surface area contributed by atoms with Crippen LogP contribution in [0.2, 0.25) is 0 Å². The zero-order valence-corrected chi connectivity index (χ0v) is 11.0. The Bertz CT molecular complexity index is 746. The first-order valence-electron chi connectivity index (χ1n) is 6.49. The number of benzene rings is 1. The van der Waals surface area contributed by atoms with Crippen molar-refractivity contribution in [2.24, 2.45) is 0 Å². The number of hydrogen-bond donors (Lipinski definition) is 1. The molecular weight excluding hydrogens is 254 g/mol. The van der Waals surface area contributed by atoms with Gasteiger partial charge < -0.3 is 9.72 Å². The van der Waals surface area contributed by atoms with E-state index in [2.05, 4.69) is 9.97 Å². The van der Waals surface area contributed by atoms with E-state index in [4.69, 9.17) is 4.74 Å². The van der Waals surface area contributed by atoms with Crippen LogP contribution in [0, 0.1) is 0 Å². The van der Waals surface area contributed by atoms with Crippen LogP contribution < -0.4 is 5.56 Å². The highest BCUT2D eigenvalue weighted by molar-refractivity contribution is 5.73. The van der Waals surface area contributed by atoms with E-state index < -0.39 is 0 Å². The number of fused-ring (bicyclic) bond motifs is 1. The Labute approximate surface area is 115 Å².